The first-order chi connectivity index (χ1) is 10.3. The fraction of sp³-hybridized carbons (Fsp3) is 0.867. The summed E-state index contributed by atoms with van der Waals surface area (Å²) >= 11 is 0. The van der Waals surface area contributed by atoms with Crippen molar-refractivity contribution < 1.29 is 34.0 Å². The SMILES string of the molecule is CC(C)(C)OC(=O)NC[C@H]1O[C@@H](C(=O)OC(C)(C)C)[C@@H](O)[C@@H]1O. The summed E-state index contributed by atoms with van der Waals surface area (Å²) in [5.41, 5.74) is -1.39. The van der Waals surface area contributed by atoms with Gasteiger partial charge >= 0.3 is 12.1 Å². The summed E-state index contributed by atoms with van der Waals surface area (Å²) in [5.74, 6) is -0.760. The molecule has 1 rings (SSSR count). The lowest BCUT2D eigenvalue weighted by atomic mass is 10.1. The summed E-state index contributed by atoms with van der Waals surface area (Å²) in [5, 5.41) is 22.3. The third kappa shape index (κ3) is 6.32. The first-order valence-corrected chi connectivity index (χ1v) is 7.51. The Balaban J connectivity index is 2.56. The lowest BCUT2D eigenvalue weighted by molar-refractivity contribution is -0.171. The number of carbonyl (C=O) groups is 2. The molecule has 0 unspecified atom stereocenters. The average Bonchev–Trinajstić information content (AvgIpc) is 2.60. The van der Waals surface area contributed by atoms with E-state index in [4.69, 9.17) is 14.2 Å². The number of ether oxygens (including phenoxy) is 3. The highest BCUT2D eigenvalue weighted by atomic mass is 16.6. The summed E-state index contributed by atoms with van der Waals surface area (Å²) in [4.78, 5) is 23.5. The molecule has 0 saturated carbocycles. The van der Waals surface area contributed by atoms with Crippen LogP contribution in [0.15, 0.2) is 0 Å². The van der Waals surface area contributed by atoms with Gasteiger partial charge in [-0.1, -0.05) is 0 Å². The third-order valence-corrected chi connectivity index (χ3v) is 2.85. The molecule has 1 heterocycles. The van der Waals surface area contributed by atoms with Gasteiger partial charge in [0.2, 0.25) is 0 Å². The molecule has 4 atom stereocenters. The summed E-state index contributed by atoms with van der Waals surface area (Å²) in [7, 11) is 0. The molecule has 0 aromatic carbocycles. The number of aliphatic hydroxyl groups excluding tert-OH is 2. The maximum absolute atomic E-state index is 12.0. The highest BCUT2D eigenvalue weighted by molar-refractivity contribution is 5.76. The Labute approximate surface area is 136 Å². The second-order valence-electron chi connectivity index (χ2n) is 7.49. The highest BCUT2D eigenvalue weighted by Gasteiger charge is 2.47. The van der Waals surface area contributed by atoms with Crippen LogP contribution in [0.3, 0.4) is 0 Å². The van der Waals surface area contributed by atoms with Crippen molar-refractivity contribution in [3.63, 3.8) is 0 Å². The van der Waals surface area contributed by atoms with Crippen LogP contribution >= 0.6 is 0 Å². The van der Waals surface area contributed by atoms with Crippen LogP contribution in [-0.2, 0) is 19.0 Å². The van der Waals surface area contributed by atoms with E-state index < -0.39 is 47.7 Å². The molecule has 1 aliphatic heterocycles. The fourth-order valence-electron chi connectivity index (χ4n) is 1.97. The predicted octanol–water partition coefficient (Wildman–Crippen LogP) is 0.342. The minimum Gasteiger partial charge on any atom is -0.458 e. The van der Waals surface area contributed by atoms with Crippen molar-refractivity contribution in [1.29, 1.82) is 0 Å². The molecule has 0 radical (unpaired) electrons. The number of hydrogen-bond acceptors (Lipinski definition) is 7. The maximum Gasteiger partial charge on any atom is 0.407 e. The average molecular weight is 333 g/mol. The van der Waals surface area contributed by atoms with Crippen molar-refractivity contribution in [2.24, 2.45) is 0 Å². The fourth-order valence-corrected chi connectivity index (χ4v) is 1.97. The molecule has 3 N–H and O–H groups in total. The molecule has 134 valence electrons. The summed E-state index contributed by atoms with van der Waals surface area (Å²) in [6, 6.07) is 0. The smallest absolute Gasteiger partial charge is 0.407 e. The summed E-state index contributed by atoms with van der Waals surface area (Å²) in [6.45, 7) is 10.1. The van der Waals surface area contributed by atoms with E-state index in [-0.39, 0.29) is 6.54 Å². The lowest BCUT2D eigenvalue weighted by Gasteiger charge is -2.23. The number of nitrogens with one attached hydrogen (secondary N) is 1. The standard InChI is InChI=1S/C15H27NO7/c1-14(2,3)22-12(19)11-10(18)9(17)8(21-11)7-16-13(20)23-15(4,5)6/h8-11,17-18H,7H2,1-6H3,(H,16,20)/t8-,9-,10+,11-/m1/s1. The van der Waals surface area contributed by atoms with Crippen LogP contribution in [0, 0.1) is 0 Å². The number of alkyl carbamates (subject to hydrolysis) is 1. The van der Waals surface area contributed by atoms with Gasteiger partial charge in [0.15, 0.2) is 6.10 Å². The number of carbonyl (C=O) groups excluding carboxylic acids is 2. The number of esters is 1. The quantitative estimate of drug-likeness (QED) is 0.638. The van der Waals surface area contributed by atoms with Gasteiger partial charge in [0.1, 0.15) is 29.5 Å². The first-order valence-electron chi connectivity index (χ1n) is 7.51. The number of aliphatic hydroxyl groups is 2. The van der Waals surface area contributed by atoms with E-state index in [0.717, 1.165) is 0 Å². The molecule has 1 saturated heterocycles. The first kappa shape index (κ1) is 19.7. The van der Waals surface area contributed by atoms with Gasteiger partial charge in [0.05, 0.1) is 0 Å². The Morgan fingerprint density at radius 1 is 1.00 bits per heavy atom. The van der Waals surface area contributed by atoms with E-state index in [9.17, 15) is 19.8 Å². The Kier molecular flexibility index (Phi) is 6.00. The van der Waals surface area contributed by atoms with Gasteiger partial charge in [-0.25, -0.2) is 9.59 Å². The highest BCUT2D eigenvalue weighted by Crippen LogP contribution is 2.24. The van der Waals surface area contributed by atoms with Gasteiger partial charge in [0, 0.05) is 6.54 Å². The van der Waals surface area contributed by atoms with Crippen molar-refractivity contribution in [2.75, 3.05) is 6.54 Å². The van der Waals surface area contributed by atoms with E-state index in [1.165, 1.54) is 0 Å². The van der Waals surface area contributed by atoms with Crippen molar-refractivity contribution >= 4 is 12.1 Å². The zero-order chi connectivity index (χ0) is 18.0. The zero-order valence-corrected chi connectivity index (χ0v) is 14.5. The second kappa shape index (κ2) is 7.02. The number of hydrogen-bond donors (Lipinski definition) is 3. The van der Waals surface area contributed by atoms with Crippen molar-refractivity contribution in [2.45, 2.75) is 77.2 Å². The van der Waals surface area contributed by atoms with Crippen LogP contribution in [0.25, 0.3) is 0 Å². The van der Waals surface area contributed by atoms with Gasteiger partial charge in [-0.05, 0) is 41.5 Å². The molecule has 1 aliphatic rings. The van der Waals surface area contributed by atoms with Crippen LogP contribution in [0.2, 0.25) is 0 Å². The number of rotatable bonds is 3. The molecular formula is C15H27NO7. The molecule has 0 aromatic heterocycles. The Morgan fingerprint density at radius 3 is 2.00 bits per heavy atom. The summed E-state index contributed by atoms with van der Waals surface area (Å²) < 4.78 is 15.5. The van der Waals surface area contributed by atoms with Crippen LogP contribution < -0.4 is 5.32 Å². The summed E-state index contributed by atoms with van der Waals surface area (Å²) in [6.07, 6.45) is -5.65. The minimum absolute atomic E-state index is 0.105. The van der Waals surface area contributed by atoms with Crippen LogP contribution in [0.5, 0.6) is 0 Å². The lowest BCUT2D eigenvalue weighted by Crippen LogP contribution is -2.42. The Bertz CT molecular complexity index is 438. The largest absolute Gasteiger partial charge is 0.458 e. The minimum atomic E-state index is -1.42. The van der Waals surface area contributed by atoms with E-state index in [2.05, 4.69) is 5.32 Å². The van der Waals surface area contributed by atoms with E-state index in [1.807, 2.05) is 0 Å². The molecule has 0 aromatic rings. The van der Waals surface area contributed by atoms with Gasteiger partial charge in [-0.3, -0.25) is 0 Å². The van der Waals surface area contributed by atoms with Gasteiger partial charge < -0.3 is 29.7 Å². The van der Waals surface area contributed by atoms with Gasteiger partial charge in [-0.2, -0.15) is 0 Å². The molecule has 0 bridgehead atoms. The van der Waals surface area contributed by atoms with Gasteiger partial charge in [-0.15, -0.1) is 0 Å². The molecule has 8 heteroatoms. The molecule has 0 aliphatic carbocycles. The Hall–Kier alpha value is -1.38. The Morgan fingerprint density at radius 2 is 1.52 bits per heavy atom. The third-order valence-electron chi connectivity index (χ3n) is 2.85. The van der Waals surface area contributed by atoms with Crippen LogP contribution in [-0.4, -0.2) is 64.4 Å². The normalized spacial score (nSPS) is 28.3. The van der Waals surface area contributed by atoms with Crippen molar-refractivity contribution in [3.8, 4) is 0 Å². The molecule has 0 spiro atoms. The molecule has 1 amide bonds. The molecule has 1 fully saturated rings. The monoisotopic (exact) mass is 333 g/mol. The van der Waals surface area contributed by atoms with Crippen LogP contribution in [0.4, 0.5) is 4.79 Å². The second-order valence-corrected chi connectivity index (χ2v) is 7.49. The molecular weight excluding hydrogens is 306 g/mol. The van der Waals surface area contributed by atoms with Crippen molar-refractivity contribution in [1.82, 2.24) is 5.32 Å². The maximum atomic E-state index is 12.0. The van der Waals surface area contributed by atoms with E-state index in [1.54, 1.807) is 41.5 Å². The predicted molar refractivity (Wildman–Crippen MR) is 80.8 cm³/mol. The van der Waals surface area contributed by atoms with E-state index >= 15 is 0 Å². The molecule has 23 heavy (non-hydrogen) atoms. The topological polar surface area (TPSA) is 114 Å². The number of amides is 1. The molecule has 8 nitrogen and oxygen atoms in total. The van der Waals surface area contributed by atoms with E-state index in [0.29, 0.717) is 0 Å². The van der Waals surface area contributed by atoms with Crippen LogP contribution in [0.1, 0.15) is 41.5 Å². The van der Waals surface area contributed by atoms with Crippen molar-refractivity contribution in [3.05, 3.63) is 0 Å². The van der Waals surface area contributed by atoms with Gasteiger partial charge in [0.25, 0.3) is 0 Å². The zero-order valence-electron chi connectivity index (χ0n) is 14.5.